The van der Waals surface area contributed by atoms with Crippen molar-refractivity contribution in [3.8, 4) is 18.1 Å². The summed E-state index contributed by atoms with van der Waals surface area (Å²) in [6.45, 7) is 0.174. The van der Waals surface area contributed by atoms with Crippen molar-refractivity contribution in [1.29, 1.82) is 0 Å². The largest absolute Gasteiger partial charge is 0.481 e. The first-order chi connectivity index (χ1) is 15.0. The molecule has 0 fully saturated rings. The summed E-state index contributed by atoms with van der Waals surface area (Å²) in [7, 11) is 0. The Balaban J connectivity index is 1.59. The predicted octanol–water partition coefficient (Wildman–Crippen LogP) is 4.20. The molecule has 2 aromatic carbocycles. The fraction of sp³-hybridized carbons (Fsp3) is 0.174. The van der Waals surface area contributed by atoms with Crippen molar-refractivity contribution in [2.75, 3.05) is 11.9 Å². The molecule has 2 heterocycles. The fourth-order valence-corrected chi connectivity index (χ4v) is 4.42. The van der Waals surface area contributed by atoms with Crippen molar-refractivity contribution in [3.63, 3.8) is 0 Å². The smallest absolute Gasteiger partial charge is 0.257 e. The number of nitrogens with one attached hydrogen (secondary N) is 2. The van der Waals surface area contributed by atoms with Gasteiger partial charge in [-0.25, -0.2) is 4.98 Å². The number of H-pyrrole nitrogens is 1. The maximum atomic E-state index is 12.9. The standard InChI is InChI=1S/C23H18ClN3O3S/c1-2-10-30-17-8-6-15(7-9-17)18-12-19(28)25-21-20(18)22(29)27-23(26-21)31-13-14-4-3-5-16(24)11-14/h1,3-9,11,18H,10,12-13H2,(H2,25,26,27,28,29). The van der Waals surface area contributed by atoms with Gasteiger partial charge >= 0.3 is 0 Å². The summed E-state index contributed by atoms with van der Waals surface area (Å²) in [5, 5.41) is 3.82. The molecule has 0 spiro atoms. The van der Waals surface area contributed by atoms with Crippen molar-refractivity contribution in [3.05, 3.63) is 80.6 Å². The van der Waals surface area contributed by atoms with Gasteiger partial charge in [-0.3, -0.25) is 9.59 Å². The van der Waals surface area contributed by atoms with E-state index in [9.17, 15) is 9.59 Å². The van der Waals surface area contributed by atoms with Crippen LogP contribution < -0.4 is 15.6 Å². The number of fused-ring (bicyclic) bond motifs is 1. The van der Waals surface area contributed by atoms with E-state index >= 15 is 0 Å². The minimum atomic E-state index is -0.395. The van der Waals surface area contributed by atoms with Crippen molar-refractivity contribution in [2.45, 2.75) is 23.2 Å². The van der Waals surface area contributed by atoms with Crippen LogP contribution in [-0.2, 0) is 10.5 Å². The number of nitrogens with zero attached hydrogens (tertiary/aromatic N) is 1. The van der Waals surface area contributed by atoms with E-state index in [0.717, 1.165) is 11.1 Å². The number of halogens is 1. The summed E-state index contributed by atoms with van der Waals surface area (Å²) in [5.41, 5.74) is 2.02. The van der Waals surface area contributed by atoms with E-state index in [4.69, 9.17) is 22.8 Å². The average Bonchev–Trinajstić information content (AvgIpc) is 2.76. The second-order valence-corrected chi connectivity index (χ2v) is 8.32. The number of aromatic amines is 1. The van der Waals surface area contributed by atoms with Gasteiger partial charge in [-0.2, -0.15) is 0 Å². The van der Waals surface area contributed by atoms with Crippen LogP contribution in [0.3, 0.4) is 0 Å². The number of carbonyl (C=O) groups is 1. The Bertz CT molecular complexity index is 1220. The summed E-state index contributed by atoms with van der Waals surface area (Å²) >= 11 is 7.39. The second-order valence-electron chi connectivity index (χ2n) is 6.92. The molecule has 3 aromatic rings. The Morgan fingerprint density at radius 3 is 2.77 bits per heavy atom. The van der Waals surface area contributed by atoms with Gasteiger partial charge < -0.3 is 15.0 Å². The molecule has 31 heavy (non-hydrogen) atoms. The lowest BCUT2D eigenvalue weighted by Crippen LogP contribution is -2.31. The number of amides is 1. The highest BCUT2D eigenvalue weighted by Gasteiger charge is 2.31. The highest BCUT2D eigenvalue weighted by Crippen LogP contribution is 2.35. The number of aromatic nitrogens is 2. The van der Waals surface area contributed by atoms with Gasteiger partial charge in [0.2, 0.25) is 5.91 Å². The molecule has 4 rings (SSSR count). The van der Waals surface area contributed by atoms with Crippen LogP contribution in [0, 0.1) is 12.3 Å². The predicted molar refractivity (Wildman–Crippen MR) is 122 cm³/mol. The molecule has 0 aliphatic carbocycles. The van der Waals surface area contributed by atoms with E-state index in [1.54, 1.807) is 18.2 Å². The fourth-order valence-electron chi connectivity index (χ4n) is 3.40. The zero-order chi connectivity index (χ0) is 21.8. The third kappa shape index (κ3) is 4.93. The second kappa shape index (κ2) is 9.29. The van der Waals surface area contributed by atoms with Crippen LogP contribution in [0.2, 0.25) is 5.02 Å². The lowest BCUT2D eigenvalue weighted by molar-refractivity contribution is -0.116. The molecule has 1 unspecified atom stereocenters. The van der Waals surface area contributed by atoms with Crippen LogP contribution in [-0.4, -0.2) is 22.5 Å². The van der Waals surface area contributed by atoms with Gasteiger partial charge in [0.05, 0.1) is 5.56 Å². The van der Waals surface area contributed by atoms with Gasteiger partial charge in [0.15, 0.2) is 5.16 Å². The molecule has 6 nitrogen and oxygen atoms in total. The molecular formula is C23H18ClN3O3S. The summed E-state index contributed by atoms with van der Waals surface area (Å²) < 4.78 is 5.39. The Morgan fingerprint density at radius 2 is 2.03 bits per heavy atom. The minimum Gasteiger partial charge on any atom is -0.481 e. The van der Waals surface area contributed by atoms with E-state index in [-0.39, 0.29) is 24.5 Å². The van der Waals surface area contributed by atoms with Gasteiger partial charge in [-0.1, -0.05) is 53.5 Å². The number of carbonyl (C=O) groups excluding carboxylic acids is 1. The monoisotopic (exact) mass is 451 g/mol. The molecule has 0 bridgehead atoms. The minimum absolute atomic E-state index is 0.164. The van der Waals surface area contributed by atoms with Crippen molar-refractivity contribution in [2.24, 2.45) is 0 Å². The molecule has 1 aromatic heterocycles. The van der Waals surface area contributed by atoms with Crippen LogP contribution in [0.5, 0.6) is 5.75 Å². The number of hydrogen-bond acceptors (Lipinski definition) is 5. The Kier molecular flexibility index (Phi) is 6.31. The highest BCUT2D eigenvalue weighted by atomic mass is 35.5. The first-order valence-electron chi connectivity index (χ1n) is 9.51. The maximum Gasteiger partial charge on any atom is 0.257 e. The molecular weight excluding hydrogens is 434 g/mol. The summed E-state index contributed by atoms with van der Waals surface area (Å²) in [6.07, 6.45) is 5.37. The molecule has 1 amide bonds. The van der Waals surface area contributed by atoms with Crippen LogP contribution in [0.15, 0.2) is 58.5 Å². The van der Waals surface area contributed by atoms with Crippen molar-refractivity contribution in [1.82, 2.24) is 9.97 Å². The summed E-state index contributed by atoms with van der Waals surface area (Å²) in [6, 6.07) is 14.7. The van der Waals surface area contributed by atoms with Gasteiger partial charge in [0.1, 0.15) is 18.2 Å². The highest BCUT2D eigenvalue weighted by molar-refractivity contribution is 7.98. The Morgan fingerprint density at radius 1 is 1.23 bits per heavy atom. The Hall–Kier alpha value is -3.21. The van der Waals surface area contributed by atoms with Gasteiger partial charge in [-0.15, -0.1) is 6.42 Å². The number of thioether (sulfide) groups is 1. The molecule has 1 aliphatic heterocycles. The first-order valence-corrected chi connectivity index (χ1v) is 10.9. The van der Waals surface area contributed by atoms with E-state index in [1.165, 1.54) is 11.8 Å². The molecule has 0 saturated heterocycles. The van der Waals surface area contributed by atoms with E-state index < -0.39 is 5.92 Å². The zero-order valence-corrected chi connectivity index (χ0v) is 17.9. The molecule has 8 heteroatoms. The van der Waals surface area contributed by atoms with Crippen molar-refractivity contribution < 1.29 is 9.53 Å². The maximum absolute atomic E-state index is 12.9. The Labute approximate surface area is 188 Å². The first kappa shape index (κ1) is 21.0. The van der Waals surface area contributed by atoms with E-state index in [0.29, 0.717) is 33.1 Å². The molecule has 0 saturated carbocycles. The number of anilines is 1. The molecule has 2 N–H and O–H groups in total. The molecule has 1 atom stereocenters. The van der Waals surface area contributed by atoms with E-state index in [2.05, 4.69) is 21.2 Å². The number of hydrogen-bond donors (Lipinski definition) is 2. The van der Waals surface area contributed by atoms with Crippen LogP contribution in [0.1, 0.15) is 29.0 Å². The number of rotatable bonds is 6. The van der Waals surface area contributed by atoms with Crippen molar-refractivity contribution >= 4 is 35.1 Å². The van der Waals surface area contributed by atoms with Gasteiger partial charge in [0.25, 0.3) is 5.56 Å². The topological polar surface area (TPSA) is 84.1 Å². The summed E-state index contributed by atoms with van der Waals surface area (Å²) in [5.74, 6) is 3.34. The molecule has 0 radical (unpaired) electrons. The zero-order valence-electron chi connectivity index (χ0n) is 16.4. The number of terminal acetylenes is 1. The summed E-state index contributed by atoms with van der Waals surface area (Å²) in [4.78, 5) is 32.6. The average molecular weight is 452 g/mol. The third-order valence-electron chi connectivity index (χ3n) is 4.80. The number of benzene rings is 2. The van der Waals surface area contributed by atoms with Gasteiger partial charge in [0, 0.05) is 23.1 Å². The number of ether oxygens (including phenoxy) is 1. The van der Waals surface area contributed by atoms with Gasteiger partial charge in [-0.05, 0) is 35.4 Å². The quantitative estimate of drug-likeness (QED) is 0.333. The lowest BCUT2D eigenvalue weighted by atomic mass is 9.87. The van der Waals surface area contributed by atoms with Crippen LogP contribution >= 0.6 is 23.4 Å². The van der Waals surface area contributed by atoms with E-state index in [1.807, 2.05) is 30.3 Å². The van der Waals surface area contributed by atoms with Crippen LogP contribution in [0.4, 0.5) is 5.82 Å². The molecule has 156 valence electrons. The molecule has 1 aliphatic rings. The third-order valence-corrected chi connectivity index (χ3v) is 5.98. The normalized spacial score (nSPS) is 15.0. The SMILES string of the molecule is C#CCOc1ccc(C2CC(=O)Nc3nc(SCc4cccc(Cl)c4)[nH]c(=O)c32)cc1. The van der Waals surface area contributed by atoms with Crippen LogP contribution in [0.25, 0.3) is 0 Å². The lowest BCUT2D eigenvalue weighted by Gasteiger charge is -2.24.